The fourth-order valence-electron chi connectivity index (χ4n) is 2.87. The summed E-state index contributed by atoms with van der Waals surface area (Å²) in [5, 5.41) is 10.9. The Balaban J connectivity index is 2.43. The minimum atomic E-state index is -1.65. The molecule has 0 aliphatic carbocycles. The minimum absolute atomic E-state index is 0.0850. The predicted molar refractivity (Wildman–Crippen MR) is 110 cm³/mol. The molecule has 2 aromatic carbocycles. The zero-order chi connectivity index (χ0) is 19.3. The maximum absolute atomic E-state index is 11.1. The number of rotatable bonds is 6. The molecule has 0 saturated heterocycles. The number of phenols is 1. The Morgan fingerprint density at radius 1 is 1.08 bits per heavy atom. The van der Waals surface area contributed by atoms with Crippen molar-refractivity contribution in [3.8, 4) is 11.5 Å². The first-order valence-electron chi connectivity index (χ1n) is 8.62. The lowest BCUT2D eigenvalue weighted by molar-refractivity contribution is -0.131. The van der Waals surface area contributed by atoms with Crippen LogP contribution >= 0.6 is 0 Å². The van der Waals surface area contributed by atoms with E-state index in [1.165, 1.54) is 12.1 Å². The van der Waals surface area contributed by atoms with Crippen LogP contribution in [0.3, 0.4) is 0 Å². The van der Waals surface area contributed by atoms with Gasteiger partial charge in [-0.3, -0.25) is 4.79 Å². The van der Waals surface area contributed by atoms with Crippen molar-refractivity contribution in [2.24, 2.45) is 0 Å². The van der Waals surface area contributed by atoms with Gasteiger partial charge in [0, 0.05) is 12.8 Å². The molecule has 0 aromatic heterocycles. The average Bonchev–Trinajstić information content (AvgIpc) is 2.56. The van der Waals surface area contributed by atoms with Crippen LogP contribution in [-0.2, 0) is 4.79 Å². The summed E-state index contributed by atoms with van der Waals surface area (Å²) in [6.45, 7) is 12.4. The molecular weight excluding hydrogens is 340 g/mol. The Hall–Kier alpha value is -2.59. The Morgan fingerprint density at radius 3 is 2.12 bits per heavy atom. The zero-order valence-corrected chi connectivity index (χ0v) is 16.8. The Bertz CT molecular complexity index is 797. The molecule has 0 radical (unpaired) electrons. The van der Waals surface area contributed by atoms with Crippen LogP contribution in [0.4, 0.5) is 0 Å². The van der Waals surface area contributed by atoms with Gasteiger partial charge in [-0.05, 0) is 35.4 Å². The second-order valence-electron chi connectivity index (χ2n) is 7.32. The third-order valence-electron chi connectivity index (χ3n) is 4.15. The lowest BCUT2D eigenvalue weighted by Crippen LogP contribution is -2.27. The third kappa shape index (κ3) is 5.20. The van der Waals surface area contributed by atoms with E-state index in [4.69, 9.17) is 4.74 Å². The number of esters is 1. The number of hydrogen-bond acceptors (Lipinski definition) is 3. The summed E-state index contributed by atoms with van der Waals surface area (Å²) < 4.78 is 5.12. The quantitative estimate of drug-likeness (QED) is 0.316. The van der Waals surface area contributed by atoms with Crippen LogP contribution < -0.4 is 4.74 Å². The van der Waals surface area contributed by atoms with E-state index in [1.54, 1.807) is 12.1 Å². The normalized spacial score (nSPS) is 13.2. The van der Waals surface area contributed by atoms with Crippen LogP contribution in [0.2, 0.25) is 19.6 Å². The molecule has 4 heteroatoms. The van der Waals surface area contributed by atoms with Gasteiger partial charge < -0.3 is 9.84 Å². The van der Waals surface area contributed by atoms with Crippen LogP contribution in [0, 0.1) is 0 Å². The number of benzene rings is 2. The van der Waals surface area contributed by atoms with Gasteiger partial charge >= 0.3 is 5.97 Å². The highest BCUT2D eigenvalue weighted by Gasteiger charge is 2.26. The standard InChI is InChI=1S/C22H26O3Si/c1-6-21(18-9-13-20(14-10-18)25-16(2)23)22(26(3,4)5)15-17-7-11-19(24)12-8-17/h6-15,21,24H,1H2,2-5H3/b22-15+/t21-/m0/s1. The Kier molecular flexibility index (Phi) is 6.21. The number of aromatic hydroxyl groups is 1. The van der Waals surface area contributed by atoms with Crippen LogP contribution in [0.15, 0.2) is 66.4 Å². The van der Waals surface area contributed by atoms with Crippen LogP contribution in [0.25, 0.3) is 6.08 Å². The van der Waals surface area contributed by atoms with Gasteiger partial charge in [0.2, 0.25) is 0 Å². The molecule has 0 saturated carbocycles. The highest BCUT2D eigenvalue weighted by atomic mass is 28.3. The van der Waals surface area contributed by atoms with Gasteiger partial charge in [-0.25, -0.2) is 0 Å². The van der Waals surface area contributed by atoms with Crippen molar-refractivity contribution in [3.05, 3.63) is 77.5 Å². The van der Waals surface area contributed by atoms with E-state index < -0.39 is 8.07 Å². The molecule has 3 nitrogen and oxygen atoms in total. The first-order chi connectivity index (χ1) is 12.2. The van der Waals surface area contributed by atoms with Crippen LogP contribution in [0.1, 0.15) is 24.0 Å². The maximum atomic E-state index is 11.1. The van der Waals surface area contributed by atoms with E-state index in [0.717, 1.165) is 11.1 Å². The molecule has 0 bridgehead atoms. The number of allylic oxidation sites excluding steroid dienone is 2. The molecule has 1 N–H and O–H groups in total. The summed E-state index contributed by atoms with van der Waals surface area (Å²) in [6.07, 6.45) is 4.17. The molecule has 0 fully saturated rings. The molecule has 0 aliphatic heterocycles. The summed E-state index contributed by atoms with van der Waals surface area (Å²) >= 11 is 0. The molecular formula is C22H26O3Si. The Morgan fingerprint density at radius 2 is 1.65 bits per heavy atom. The Labute approximate surface area is 156 Å². The van der Waals surface area contributed by atoms with Crippen molar-refractivity contribution >= 4 is 20.1 Å². The molecule has 0 aliphatic rings. The van der Waals surface area contributed by atoms with Crippen LogP contribution in [0.5, 0.6) is 11.5 Å². The summed E-state index contributed by atoms with van der Waals surface area (Å²) in [4.78, 5) is 11.1. The summed E-state index contributed by atoms with van der Waals surface area (Å²) in [5.41, 5.74) is 2.17. The molecule has 0 unspecified atom stereocenters. The molecule has 0 spiro atoms. The largest absolute Gasteiger partial charge is 0.508 e. The first kappa shape index (κ1) is 19.7. The van der Waals surface area contributed by atoms with Crippen molar-refractivity contribution in [1.29, 1.82) is 0 Å². The predicted octanol–water partition coefficient (Wildman–Crippen LogP) is 5.55. The van der Waals surface area contributed by atoms with E-state index in [0.29, 0.717) is 5.75 Å². The van der Waals surface area contributed by atoms with Crippen molar-refractivity contribution in [2.45, 2.75) is 32.5 Å². The lowest BCUT2D eigenvalue weighted by atomic mass is 9.97. The highest BCUT2D eigenvalue weighted by Crippen LogP contribution is 2.35. The van der Waals surface area contributed by atoms with Gasteiger partial charge in [-0.15, -0.1) is 6.58 Å². The van der Waals surface area contributed by atoms with Gasteiger partial charge in [-0.2, -0.15) is 0 Å². The summed E-state index contributed by atoms with van der Waals surface area (Å²) in [6, 6.07) is 14.8. The second-order valence-corrected chi connectivity index (χ2v) is 12.4. The maximum Gasteiger partial charge on any atom is 0.308 e. The number of carbonyl (C=O) groups is 1. The van der Waals surface area contributed by atoms with Gasteiger partial charge in [0.15, 0.2) is 0 Å². The molecule has 0 heterocycles. The molecule has 2 aromatic rings. The summed E-state index contributed by atoms with van der Waals surface area (Å²) in [5.74, 6) is 0.564. The van der Waals surface area contributed by atoms with E-state index in [2.05, 4.69) is 32.3 Å². The average molecular weight is 367 g/mol. The lowest BCUT2D eigenvalue weighted by Gasteiger charge is -2.28. The number of ether oxygens (including phenoxy) is 1. The SMILES string of the molecule is C=C[C@H](/C(=C\c1ccc(O)cc1)[Si](C)(C)C)c1ccc(OC(C)=O)cc1. The summed E-state index contributed by atoms with van der Waals surface area (Å²) in [7, 11) is -1.65. The second kappa shape index (κ2) is 8.19. The van der Waals surface area contributed by atoms with Gasteiger partial charge in [0.1, 0.15) is 11.5 Å². The number of carbonyl (C=O) groups excluding carboxylic acids is 1. The van der Waals surface area contributed by atoms with Gasteiger partial charge in [0.05, 0.1) is 8.07 Å². The van der Waals surface area contributed by atoms with Gasteiger partial charge in [-0.1, -0.05) is 61.3 Å². The first-order valence-corrected chi connectivity index (χ1v) is 12.1. The van der Waals surface area contributed by atoms with Crippen LogP contribution in [-0.4, -0.2) is 19.1 Å². The minimum Gasteiger partial charge on any atom is -0.508 e. The molecule has 2 rings (SSSR count). The third-order valence-corrected chi connectivity index (χ3v) is 6.34. The van der Waals surface area contributed by atoms with E-state index in [-0.39, 0.29) is 17.6 Å². The van der Waals surface area contributed by atoms with E-state index in [1.807, 2.05) is 42.5 Å². The fourth-order valence-corrected chi connectivity index (χ4v) is 4.69. The zero-order valence-electron chi connectivity index (χ0n) is 15.8. The number of hydrogen-bond donors (Lipinski definition) is 1. The van der Waals surface area contributed by atoms with Crippen molar-refractivity contribution < 1.29 is 14.6 Å². The van der Waals surface area contributed by atoms with Crippen molar-refractivity contribution in [3.63, 3.8) is 0 Å². The topological polar surface area (TPSA) is 46.5 Å². The van der Waals surface area contributed by atoms with Gasteiger partial charge in [0.25, 0.3) is 0 Å². The molecule has 26 heavy (non-hydrogen) atoms. The fraction of sp³-hybridized carbons (Fsp3) is 0.227. The van der Waals surface area contributed by atoms with E-state index in [9.17, 15) is 9.90 Å². The molecule has 1 atom stereocenters. The van der Waals surface area contributed by atoms with Crippen molar-refractivity contribution in [1.82, 2.24) is 0 Å². The smallest absolute Gasteiger partial charge is 0.308 e. The van der Waals surface area contributed by atoms with E-state index >= 15 is 0 Å². The monoisotopic (exact) mass is 366 g/mol. The molecule has 136 valence electrons. The highest BCUT2D eigenvalue weighted by molar-refractivity contribution is 6.84. The number of phenolic OH excluding ortho intramolecular Hbond substituents is 1. The molecule has 0 amide bonds. The van der Waals surface area contributed by atoms with Crippen molar-refractivity contribution in [2.75, 3.05) is 0 Å².